The summed E-state index contributed by atoms with van der Waals surface area (Å²) in [6, 6.07) is 5.18. The van der Waals surface area contributed by atoms with Crippen LogP contribution in [0.5, 0.6) is 0 Å². The number of aromatic amines is 1. The van der Waals surface area contributed by atoms with Crippen molar-refractivity contribution in [2.75, 3.05) is 0 Å². The van der Waals surface area contributed by atoms with Gasteiger partial charge in [-0.1, -0.05) is 12.1 Å². The molecule has 0 aliphatic heterocycles. The molecule has 2 rings (SSSR count). The Balaban J connectivity index is 1.97. The minimum absolute atomic E-state index is 0.0558. The van der Waals surface area contributed by atoms with Gasteiger partial charge in [-0.25, -0.2) is 9.37 Å². The third-order valence-electron chi connectivity index (χ3n) is 2.84. The van der Waals surface area contributed by atoms with E-state index < -0.39 is 0 Å². The lowest BCUT2D eigenvalue weighted by Gasteiger charge is -2.10. The van der Waals surface area contributed by atoms with Gasteiger partial charge >= 0.3 is 0 Å². The summed E-state index contributed by atoms with van der Waals surface area (Å²) < 4.78 is 13.1. The van der Waals surface area contributed by atoms with Gasteiger partial charge < -0.3 is 5.32 Å². The number of H-pyrrole nitrogens is 1. The highest BCUT2D eigenvalue weighted by Crippen LogP contribution is 2.11. The monoisotopic (exact) mass is 248 g/mol. The molecule has 5 heteroatoms. The lowest BCUT2D eigenvalue weighted by atomic mass is 10.1. The van der Waals surface area contributed by atoms with Crippen molar-refractivity contribution >= 4 is 0 Å². The number of hydrogen-bond donors (Lipinski definition) is 2. The summed E-state index contributed by atoms with van der Waals surface area (Å²) in [5, 5.41) is 10.2. The summed E-state index contributed by atoms with van der Waals surface area (Å²) in [5.74, 6) is 1.37. The molecule has 2 aromatic rings. The second kappa shape index (κ2) is 5.27. The first kappa shape index (κ1) is 12.7. The van der Waals surface area contributed by atoms with Crippen LogP contribution < -0.4 is 5.32 Å². The molecular formula is C13H17FN4. The number of aryl methyl sites for hydroxylation is 2. The summed E-state index contributed by atoms with van der Waals surface area (Å²) in [6.45, 7) is 6.29. The van der Waals surface area contributed by atoms with E-state index in [4.69, 9.17) is 0 Å². The van der Waals surface area contributed by atoms with Crippen LogP contribution >= 0.6 is 0 Å². The SMILES string of the molecule is Cc1nc([C@H](C)NCc2ccc(F)c(C)c2)n[nH]1. The molecule has 1 aromatic heterocycles. The van der Waals surface area contributed by atoms with Gasteiger partial charge in [0.05, 0.1) is 6.04 Å². The Morgan fingerprint density at radius 3 is 2.78 bits per heavy atom. The highest BCUT2D eigenvalue weighted by molar-refractivity contribution is 5.23. The lowest BCUT2D eigenvalue weighted by Crippen LogP contribution is -2.19. The summed E-state index contributed by atoms with van der Waals surface area (Å²) in [5.41, 5.74) is 1.71. The Hall–Kier alpha value is -1.75. The van der Waals surface area contributed by atoms with E-state index in [2.05, 4.69) is 20.5 Å². The van der Waals surface area contributed by atoms with Crippen molar-refractivity contribution in [2.24, 2.45) is 0 Å². The number of hydrogen-bond acceptors (Lipinski definition) is 3. The Bertz CT molecular complexity index is 536. The van der Waals surface area contributed by atoms with Crippen LogP contribution in [0.1, 0.15) is 35.7 Å². The van der Waals surface area contributed by atoms with Gasteiger partial charge in [-0.2, -0.15) is 5.10 Å². The summed E-state index contributed by atoms with van der Waals surface area (Å²) in [7, 11) is 0. The molecule has 1 aromatic carbocycles. The second-order valence-corrected chi connectivity index (χ2v) is 4.47. The molecule has 96 valence electrons. The minimum atomic E-state index is -0.170. The fraction of sp³-hybridized carbons (Fsp3) is 0.385. The van der Waals surface area contributed by atoms with Crippen LogP contribution in [0.25, 0.3) is 0 Å². The van der Waals surface area contributed by atoms with E-state index >= 15 is 0 Å². The van der Waals surface area contributed by atoms with Gasteiger partial charge in [0.15, 0.2) is 5.82 Å². The van der Waals surface area contributed by atoms with Crippen LogP contribution in [0, 0.1) is 19.7 Å². The van der Waals surface area contributed by atoms with Crippen molar-refractivity contribution in [1.82, 2.24) is 20.5 Å². The Morgan fingerprint density at radius 2 is 2.17 bits per heavy atom. The highest BCUT2D eigenvalue weighted by Gasteiger charge is 2.09. The van der Waals surface area contributed by atoms with E-state index in [1.54, 1.807) is 13.0 Å². The molecule has 0 fully saturated rings. The minimum Gasteiger partial charge on any atom is -0.303 e. The molecule has 1 heterocycles. The Labute approximate surface area is 106 Å². The molecule has 0 amide bonds. The van der Waals surface area contributed by atoms with Gasteiger partial charge in [0, 0.05) is 6.54 Å². The van der Waals surface area contributed by atoms with E-state index in [1.165, 1.54) is 6.07 Å². The number of halogens is 1. The van der Waals surface area contributed by atoms with Crippen molar-refractivity contribution in [3.63, 3.8) is 0 Å². The van der Waals surface area contributed by atoms with Crippen LogP contribution in [-0.2, 0) is 6.54 Å². The molecule has 0 aliphatic carbocycles. The predicted octanol–water partition coefficient (Wildman–Crippen LogP) is 2.41. The first-order chi connectivity index (χ1) is 8.56. The van der Waals surface area contributed by atoms with Gasteiger partial charge in [-0.3, -0.25) is 5.10 Å². The van der Waals surface area contributed by atoms with Crippen molar-refractivity contribution in [3.8, 4) is 0 Å². The molecule has 0 spiro atoms. The zero-order valence-corrected chi connectivity index (χ0v) is 10.8. The van der Waals surface area contributed by atoms with Crippen LogP contribution in [0.3, 0.4) is 0 Å². The molecule has 0 saturated carbocycles. The standard InChI is InChI=1S/C13H17FN4/c1-8-6-11(4-5-12(8)14)7-15-9(2)13-16-10(3)17-18-13/h4-6,9,15H,7H2,1-3H3,(H,16,17,18)/t9-/m0/s1. The van der Waals surface area contributed by atoms with E-state index in [-0.39, 0.29) is 11.9 Å². The normalized spacial score (nSPS) is 12.7. The Kier molecular flexibility index (Phi) is 3.72. The van der Waals surface area contributed by atoms with E-state index in [1.807, 2.05) is 19.9 Å². The molecule has 0 unspecified atom stereocenters. The van der Waals surface area contributed by atoms with Crippen molar-refractivity contribution in [1.29, 1.82) is 0 Å². The molecule has 4 nitrogen and oxygen atoms in total. The predicted molar refractivity (Wildman–Crippen MR) is 67.5 cm³/mol. The van der Waals surface area contributed by atoms with Crippen LogP contribution in [0.2, 0.25) is 0 Å². The number of aromatic nitrogens is 3. The fourth-order valence-electron chi connectivity index (χ4n) is 1.73. The maximum Gasteiger partial charge on any atom is 0.167 e. The van der Waals surface area contributed by atoms with Gasteiger partial charge in [-0.05, 0) is 38.0 Å². The van der Waals surface area contributed by atoms with Crippen molar-refractivity contribution < 1.29 is 4.39 Å². The molecule has 18 heavy (non-hydrogen) atoms. The summed E-state index contributed by atoms with van der Waals surface area (Å²) >= 11 is 0. The first-order valence-corrected chi connectivity index (χ1v) is 5.93. The Morgan fingerprint density at radius 1 is 1.39 bits per heavy atom. The smallest absolute Gasteiger partial charge is 0.167 e. The van der Waals surface area contributed by atoms with Crippen LogP contribution in [-0.4, -0.2) is 15.2 Å². The number of nitrogens with one attached hydrogen (secondary N) is 2. The average molecular weight is 248 g/mol. The quantitative estimate of drug-likeness (QED) is 0.873. The van der Waals surface area contributed by atoms with Gasteiger partial charge in [0.2, 0.25) is 0 Å². The molecule has 1 atom stereocenters. The zero-order chi connectivity index (χ0) is 13.1. The van der Waals surface area contributed by atoms with E-state index in [9.17, 15) is 4.39 Å². The molecular weight excluding hydrogens is 231 g/mol. The summed E-state index contributed by atoms with van der Waals surface area (Å²) in [6.07, 6.45) is 0. The average Bonchev–Trinajstić information content (AvgIpc) is 2.77. The van der Waals surface area contributed by atoms with Crippen LogP contribution in [0.4, 0.5) is 4.39 Å². The fourth-order valence-corrected chi connectivity index (χ4v) is 1.73. The molecule has 0 aliphatic rings. The van der Waals surface area contributed by atoms with Crippen LogP contribution in [0.15, 0.2) is 18.2 Å². The molecule has 2 N–H and O–H groups in total. The molecule has 0 saturated heterocycles. The highest BCUT2D eigenvalue weighted by atomic mass is 19.1. The van der Waals surface area contributed by atoms with Crippen molar-refractivity contribution in [2.45, 2.75) is 33.4 Å². The molecule has 0 bridgehead atoms. The van der Waals surface area contributed by atoms with Gasteiger partial charge in [0.1, 0.15) is 11.6 Å². The van der Waals surface area contributed by atoms with Crippen molar-refractivity contribution in [3.05, 3.63) is 46.8 Å². The topological polar surface area (TPSA) is 53.6 Å². The third kappa shape index (κ3) is 2.92. The zero-order valence-electron chi connectivity index (χ0n) is 10.8. The lowest BCUT2D eigenvalue weighted by molar-refractivity contribution is 0.546. The summed E-state index contributed by atoms with van der Waals surface area (Å²) in [4.78, 5) is 4.27. The largest absolute Gasteiger partial charge is 0.303 e. The maximum atomic E-state index is 13.1. The van der Waals surface area contributed by atoms with Gasteiger partial charge in [-0.15, -0.1) is 0 Å². The maximum absolute atomic E-state index is 13.1. The second-order valence-electron chi connectivity index (χ2n) is 4.47. The van der Waals surface area contributed by atoms with Gasteiger partial charge in [0.25, 0.3) is 0 Å². The number of rotatable bonds is 4. The first-order valence-electron chi connectivity index (χ1n) is 5.93. The number of nitrogens with zero attached hydrogens (tertiary/aromatic N) is 2. The number of benzene rings is 1. The van der Waals surface area contributed by atoms with E-state index in [0.29, 0.717) is 12.1 Å². The molecule has 0 radical (unpaired) electrons. The third-order valence-corrected chi connectivity index (χ3v) is 2.84. The van der Waals surface area contributed by atoms with E-state index in [0.717, 1.165) is 17.2 Å².